The van der Waals surface area contributed by atoms with Crippen molar-refractivity contribution >= 4 is 20.8 Å². The Kier molecular flexibility index (Phi) is 6.11. The summed E-state index contributed by atoms with van der Waals surface area (Å²) in [4.78, 5) is 0. The molecule has 0 aromatic rings. The molecule has 1 aliphatic heterocycles. The van der Waals surface area contributed by atoms with Crippen molar-refractivity contribution in [2.45, 2.75) is 20.3 Å². The zero-order chi connectivity index (χ0) is 14.6. The number of rotatable bonds is 3. The van der Waals surface area contributed by atoms with E-state index in [-0.39, 0.29) is 4.13 Å². The molecule has 0 aromatic heterocycles. The molecule has 0 aliphatic carbocycles. The molecule has 1 aliphatic rings. The summed E-state index contributed by atoms with van der Waals surface area (Å²) < 4.78 is 60.6. The highest BCUT2D eigenvalue weighted by Gasteiger charge is 2.29. The topological polar surface area (TPSA) is 80.3 Å². The summed E-state index contributed by atoms with van der Waals surface area (Å²) in [6.07, 6.45) is 1.43. The third kappa shape index (κ3) is 8.72. The summed E-state index contributed by atoms with van der Waals surface area (Å²) >= 11 is 0. The van der Waals surface area contributed by atoms with Crippen LogP contribution in [0.5, 0.6) is 0 Å². The summed E-state index contributed by atoms with van der Waals surface area (Å²) in [5, 5.41) is 0. The average molecular weight is 309 g/mol. The highest BCUT2D eigenvalue weighted by Crippen LogP contribution is 2.20. The smallest absolute Gasteiger partial charge is 0.326 e. The third-order valence-corrected chi connectivity index (χ3v) is 4.47. The molecular formula is C8H19F2N2O4S2+. The van der Waals surface area contributed by atoms with Gasteiger partial charge in [-0.1, -0.05) is 18.8 Å². The van der Waals surface area contributed by atoms with Crippen molar-refractivity contribution in [3.8, 4) is 0 Å². The van der Waals surface area contributed by atoms with Gasteiger partial charge in [-0.05, 0) is 6.92 Å². The van der Waals surface area contributed by atoms with Crippen molar-refractivity contribution in [1.29, 1.82) is 0 Å². The van der Waals surface area contributed by atoms with Crippen molar-refractivity contribution in [1.82, 2.24) is 4.13 Å². The van der Waals surface area contributed by atoms with E-state index in [0.717, 1.165) is 5.92 Å². The fourth-order valence-corrected chi connectivity index (χ4v) is 2.82. The SMILES string of the molecule is CC[N+]1(C)CCC(C)C1.O=S(=O)(F)NS(=O)(=O)F. The van der Waals surface area contributed by atoms with Crippen LogP contribution in [-0.2, 0) is 20.8 Å². The number of nitrogens with zero attached hydrogens (tertiary/aromatic N) is 1. The zero-order valence-electron chi connectivity index (χ0n) is 10.6. The number of halogens is 2. The van der Waals surface area contributed by atoms with E-state index >= 15 is 0 Å². The van der Waals surface area contributed by atoms with Crippen LogP contribution in [0.1, 0.15) is 20.3 Å². The van der Waals surface area contributed by atoms with Crippen LogP contribution in [-0.4, -0.2) is 48.0 Å². The van der Waals surface area contributed by atoms with E-state index in [1.54, 1.807) is 0 Å². The fraction of sp³-hybridized carbons (Fsp3) is 1.00. The number of hydrogen-bond acceptors (Lipinski definition) is 4. The lowest BCUT2D eigenvalue weighted by Gasteiger charge is -2.27. The molecule has 0 aromatic carbocycles. The van der Waals surface area contributed by atoms with Gasteiger partial charge in [0.25, 0.3) is 0 Å². The van der Waals surface area contributed by atoms with Gasteiger partial charge >= 0.3 is 20.8 Å². The average Bonchev–Trinajstić information content (AvgIpc) is 2.42. The number of nitrogens with one attached hydrogen (secondary N) is 1. The molecule has 1 N–H and O–H groups in total. The van der Waals surface area contributed by atoms with Crippen molar-refractivity contribution in [3.05, 3.63) is 0 Å². The molecule has 1 fully saturated rings. The maximum absolute atomic E-state index is 11.1. The van der Waals surface area contributed by atoms with Gasteiger partial charge in [-0.25, -0.2) is 0 Å². The summed E-state index contributed by atoms with van der Waals surface area (Å²) in [5.74, 6) is 0.968. The van der Waals surface area contributed by atoms with Crippen molar-refractivity contribution in [2.24, 2.45) is 5.92 Å². The minimum absolute atomic E-state index is 0.0694. The van der Waals surface area contributed by atoms with Crippen LogP contribution >= 0.6 is 0 Å². The van der Waals surface area contributed by atoms with Crippen LogP contribution in [0.2, 0.25) is 0 Å². The van der Waals surface area contributed by atoms with E-state index in [1.165, 1.54) is 30.5 Å². The number of quaternary nitrogens is 1. The van der Waals surface area contributed by atoms with E-state index in [1.807, 2.05) is 0 Å². The summed E-state index contributed by atoms with van der Waals surface area (Å²) in [7, 11) is -8.62. The Balaban J connectivity index is 0.000000321. The maximum atomic E-state index is 11.1. The minimum Gasteiger partial charge on any atom is -0.326 e. The second kappa shape index (κ2) is 6.22. The Morgan fingerprint density at radius 3 is 1.78 bits per heavy atom. The summed E-state index contributed by atoms with van der Waals surface area (Å²) in [6, 6.07) is 0. The van der Waals surface area contributed by atoms with Gasteiger partial charge in [-0.3, -0.25) is 0 Å². The van der Waals surface area contributed by atoms with Crippen molar-refractivity contribution in [2.75, 3.05) is 26.7 Å². The Morgan fingerprint density at radius 2 is 1.67 bits per heavy atom. The second-order valence-corrected chi connectivity index (χ2v) is 7.11. The molecule has 0 radical (unpaired) electrons. The van der Waals surface area contributed by atoms with E-state index in [0.29, 0.717) is 0 Å². The molecule has 18 heavy (non-hydrogen) atoms. The van der Waals surface area contributed by atoms with Gasteiger partial charge in [0.15, 0.2) is 0 Å². The van der Waals surface area contributed by atoms with Gasteiger partial charge in [-0.2, -0.15) is 16.8 Å². The van der Waals surface area contributed by atoms with E-state index < -0.39 is 20.8 Å². The molecule has 2 atom stereocenters. The van der Waals surface area contributed by atoms with E-state index in [9.17, 15) is 24.6 Å². The first-order chi connectivity index (χ1) is 7.87. The largest absolute Gasteiger partial charge is 0.387 e. The highest BCUT2D eigenvalue weighted by molar-refractivity contribution is 7.99. The molecule has 0 bridgehead atoms. The highest BCUT2D eigenvalue weighted by atomic mass is 32.3. The van der Waals surface area contributed by atoms with Gasteiger partial charge in [0, 0.05) is 12.3 Å². The van der Waals surface area contributed by atoms with E-state index in [2.05, 4.69) is 20.9 Å². The molecule has 1 heterocycles. The number of likely N-dealkylation sites (tertiary alicyclic amines) is 1. The molecule has 1 rings (SSSR count). The van der Waals surface area contributed by atoms with Crippen LogP contribution in [0.3, 0.4) is 0 Å². The molecule has 0 spiro atoms. The van der Waals surface area contributed by atoms with Crippen LogP contribution in [0.25, 0.3) is 0 Å². The first-order valence-corrected chi connectivity index (χ1v) is 8.15. The lowest BCUT2D eigenvalue weighted by atomic mass is 10.2. The van der Waals surface area contributed by atoms with Crippen LogP contribution in [0, 0.1) is 5.92 Å². The van der Waals surface area contributed by atoms with Gasteiger partial charge in [-0.15, -0.1) is 0 Å². The lowest BCUT2D eigenvalue weighted by Crippen LogP contribution is -2.40. The first-order valence-electron chi connectivity index (χ1n) is 5.38. The van der Waals surface area contributed by atoms with Gasteiger partial charge < -0.3 is 4.48 Å². The molecule has 110 valence electrons. The molecule has 0 amide bonds. The van der Waals surface area contributed by atoms with Gasteiger partial charge in [0.1, 0.15) is 0 Å². The quantitative estimate of drug-likeness (QED) is 0.608. The molecular weight excluding hydrogens is 290 g/mol. The first kappa shape index (κ1) is 17.7. The van der Waals surface area contributed by atoms with Crippen LogP contribution < -0.4 is 4.13 Å². The van der Waals surface area contributed by atoms with E-state index in [4.69, 9.17) is 0 Å². The van der Waals surface area contributed by atoms with Crippen molar-refractivity contribution < 1.29 is 29.1 Å². The predicted molar refractivity (Wildman–Crippen MR) is 63.4 cm³/mol. The fourth-order valence-electron chi connectivity index (χ4n) is 1.87. The van der Waals surface area contributed by atoms with Crippen LogP contribution in [0.4, 0.5) is 7.77 Å². The Hall–Kier alpha value is -0.320. The minimum atomic E-state index is -5.49. The number of hydrogen-bond donors (Lipinski definition) is 1. The molecule has 2 unspecified atom stereocenters. The normalized spacial score (nSPS) is 28.6. The Morgan fingerprint density at radius 1 is 1.22 bits per heavy atom. The molecule has 1 saturated heterocycles. The Labute approximate surface area is 107 Å². The molecule has 0 saturated carbocycles. The van der Waals surface area contributed by atoms with Crippen molar-refractivity contribution in [3.63, 3.8) is 0 Å². The molecule has 10 heteroatoms. The lowest BCUT2D eigenvalue weighted by molar-refractivity contribution is -0.897. The summed E-state index contributed by atoms with van der Waals surface area (Å²) in [5.41, 5.74) is 0. The maximum Gasteiger partial charge on any atom is 0.387 e. The second-order valence-electron chi connectivity index (χ2n) is 4.69. The van der Waals surface area contributed by atoms with Gasteiger partial charge in [0.2, 0.25) is 0 Å². The standard InChI is InChI=1S/C8H18N.F2HNO4S2/c1-4-9(3)6-5-8(2)7-9;1-8(4,5)3-9(2,6)7/h8H,4-7H2,1-3H3;3H/q+1;. The zero-order valence-corrected chi connectivity index (χ0v) is 12.2. The Bertz CT molecular complexity index is 435. The predicted octanol–water partition coefficient (Wildman–Crippen LogP) is 0.497. The third-order valence-electron chi connectivity index (χ3n) is 2.88. The van der Waals surface area contributed by atoms with Crippen LogP contribution in [0.15, 0.2) is 0 Å². The summed E-state index contributed by atoms with van der Waals surface area (Å²) in [6.45, 7) is 8.76. The monoisotopic (exact) mass is 309 g/mol. The molecule has 6 nitrogen and oxygen atoms in total. The van der Waals surface area contributed by atoms with Gasteiger partial charge in [0.05, 0.1) is 26.7 Å².